The van der Waals surface area contributed by atoms with Crippen LogP contribution in [0.2, 0.25) is 0 Å². The van der Waals surface area contributed by atoms with Gasteiger partial charge >= 0.3 is 0 Å². The Labute approximate surface area is 323 Å². The van der Waals surface area contributed by atoms with Crippen LogP contribution >= 0.6 is 11.3 Å². The van der Waals surface area contributed by atoms with Crippen molar-refractivity contribution in [1.29, 1.82) is 5.26 Å². The van der Waals surface area contributed by atoms with Gasteiger partial charge in [-0.25, -0.2) is 0 Å². The standard InChI is InChI=1S/C52H34N2S/c1-52(2)45-28-38(33-18-23-41(24-19-33)54(40-21-14-32(31-53)15-22-40)47-12-7-9-34-8-3-4-10-42(34)47)26-36-16-17-37-27-39(29-46(52)51(37)50(36)45)35-20-25-44-43-11-5-6-13-48(43)55-49(44)30-35/h3-30H,1-2H3. The van der Waals surface area contributed by atoms with E-state index in [-0.39, 0.29) is 5.41 Å². The van der Waals surface area contributed by atoms with Gasteiger partial charge in [0.2, 0.25) is 0 Å². The summed E-state index contributed by atoms with van der Waals surface area (Å²) in [6.45, 7) is 4.78. The number of hydrogen-bond donors (Lipinski definition) is 0. The van der Waals surface area contributed by atoms with Crippen molar-refractivity contribution in [2.45, 2.75) is 19.3 Å². The Bertz CT molecular complexity index is 3230. The number of thiophene rings is 1. The van der Waals surface area contributed by atoms with Gasteiger partial charge in [-0.1, -0.05) is 105 Å². The van der Waals surface area contributed by atoms with E-state index in [0.29, 0.717) is 5.56 Å². The summed E-state index contributed by atoms with van der Waals surface area (Å²) in [6.07, 6.45) is 0. The van der Waals surface area contributed by atoms with E-state index in [9.17, 15) is 5.26 Å². The average molecular weight is 719 g/mol. The number of fused-ring (bicyclic) bond motifs is 4. The Kier molecular flexibility index (Phi) is 6.87. The maximum atomic E-state index is 9.51. The summed E-state index contributed by atoms with van der Waals surface area (Å²) < 4.78 is 2.67. The largest absolute Gasteiger partial charge is 0.310 e. The van der Waals surface area contributed by atoms with Gasteiger partial charge in [-0.05, 0) is 139 Å². The summed E-state index contributed by atoms with van der Waals surface area (Å²) in [5.74, 6) is 0. The van der Waals surface area contributed by atoms with Crippen LogP contribution in [0, 0.1) is 11.3 Å². The highest BCUT2D eigenvalue weighted by molar-refractivity contribution is 7.25. The van der Waals surface area contributed by atoms with Gasteiger partial charge in [-0.3, -0.25) is 0 Å². The van der Waals surface area contributed by atoms with Crippen LogP contribution in [0.4, 0.5) is 17.1 Å². The Hall–Kier alpha value is -6.73. The Morgan fingerprint density at radius 2 is 1.05 bits per heavy atom. The van der Waals surface area contributed by atoms with Gasteiger partial charge in [0.15, 0.2) is 0 Å². The number of nitriles is 1. The molecule has 0 N–H and O–H groups in total. The highest BCUT2D eigenvalue weighted by atomic mass is 32.1. The molecule has 0 bridgehead atoms. The van der Waals surface area contributed by atoms with E-state index in [0.717, 1.165) is 17.1 Å². The lowest BCUT2D eigenvalue weighted by molar-refractivity contribution is 0.663. The van der Waals surface area contributed by atoms with Gasteiger partial charge in [-0.15, -0.1) is 11.3 Å². The third-order valence-corrected chi connectivity index (χ3v) is 12.9. The topological polar surface area (TPSA) is 27.0 Å². The molecule has 1 heterocycles. The third kappa shape index (κ3) is 4.85. The van der Waals surface area contributed by atoms with E-state index >= 15 is 0 Å². The maximum Gasteiger partial charge on any atom is 0.0991 e. The first-order chi connectivity index (χ1) is 26.9. The van der Waals surface area contributed by atoms with Crippen LogP contribution < -0.4 is 4.90 Å². The summed E-state index contributed by atoms with van der Waals surface area (Å²) in [5.41, 5.74) is 11.4. The van der Waals surface area contributed by atoms with E-state index in [1.165, 1.54) is 85.9 Å². The zero-order valence-corrected chi connectivity index (χ0v) is 31.3. The van der Waals surface area contributed by atoms with Gasteiger partial charge in [0.1, 0.15) is 0 Å². The van der Waals surface area contributed by atoms with Crippen LogP contribution in [0.15, 0.2) is 170 Å². The lowest BCUT2D eigenvalue weighted by Crippen LogP contribution is -2.15. The number of nitrogens with zero attached hydrogens (tertiary/aromatic N) is 2. The normalized spacial score (nSPS) is 13.0. The van der Waals surface area contributed by atoms with E-state index in [1.54, 1.807) is 0 Å². The van der Waals surface area contributed by atoms with E-state index < -0.39 is 0 Å². The first-order valence-electron chi connectivity index (χ1n) is 18.8. The molecule has 1 aromatic heterocycles. The monoisotopic (exact) mass is 718 g/mol. The van der Waals surface area contributed by atoms with Gasteiger partial charge in [0.25, 0.3) is 0 Å². The summed E-state index contributed by atoms with van der Waals surface area (Å²) in [7, 11) is 0. The molecule has 0 spiro atoms. The maximum absolute atomic E-state index is 9.51. The minimum absolute atomic E-state index is 0.158. The Morgan fingerprint density at radius 3 is 1.76 bits per heavy atom. The molecule has 10 aromatic rings. The zero-order chi connectivity index (χ0) is 36.8. The third-order valence-electron chi connectivity index (χ3n) is 11.8. The Morgan fingerprint density at radius 1 is 0.473 bits per heavy atom. The molecule has 0 amide bonds. The molecule has 0 radical (unpaired) electrons. The molecule has 1 aliphatic rings. The molecule has 258 valence electrons. The molecular weight excluding hydrogens is 685 g/mol. The van der Waals surface area contributed by atoms with Crippen LogP contribution in [0.3, 0.4) is 0 Å². The Balaban J connectivity index is 0.993. The van der Waals surface area contributed by atoms with Gasteiger partial charge in [0, 0.05) is 42.3 Å². The molecule has 0 unspecified atom stereocenters. The van der Waals surface area contributed by atoms with Crippen LogP contribution in [0.5, 0.6) is 0 Å². The van der Waals surface area contributed by atoms with Crippen molar-refractivity contribution in [2.75, 3.05) is 4.90 Å². The SMILES string of the molecule is CC1(C)c2cc(-c3ccc(N(c4ccc(C#N)cc4)c4cccc5ccccc45)cc3)cc3ccc4cc(-c5ccc6c(c5)sc5ccccc56)cc1c4c23. The average Bonchev–Trinajstić information content (AvgIpc) is 3.72. The highest BCUT2D eigenvalue weighted by Crippen LogP contribution is 2.52. The smallest absolute Gasteiger partial charge is 0.0991 e. The van der Waals surface area contributed by atoms with Gasteiger partial charge in [-0.2, -0.15) is 5.26 Å². The molecule has 1 aliphatic carbocycles. The molecule has 2 nitrogen and oxygen atoms in total. The highest BCUT2D eigenvalue weighted by Gasteiger charge is 2.35. The second kappa shape index (κ2) is 11.9. The molecule has 0 saturated heterocycles. The van der Waals surface area contributed by atoms with Gasteiger partial charge < -0.3 is 4.90 Å². The fourth-order valence-electron chi connectivity index (χ4n) is 9.02. The van der Waals surface area contributed by atoms with Crippen molar-refractivity contribution in [3.05, 3.63) is 187 Å². The first kappa shape index (κ1) is 31.8. The summed E-state index contributed by atoms with van der Waals surface area (Å²) in [4.78, 5) is 2.29. The molecule has 11 rings (SSSR count). The lowest BCUT2D eigenvalue weighted by atomic mass is 9.80. The van der Waals surface area contributed by atoms with Crippen molar-refractivity contribution in [3.8, 4) is 28.3 Å². The second-order valence-electron chi connectivity index (χ2n) is 15.3. The van der Waals surface area contributed by atoms with Crippen LogP contribution in [-0.2, 0) is 5.41 Å². The van der Waals surface area contributed by atoms with Crippen molar-refractivity contribution in [1.82, 2.24) is 0 Å². The van der Waals surface area contributed by atoms with Crippen molar-refractivity contribution in [3.63, 3.8) is 0 Å². The van der Waals surface area contributed by atoms with E-state index in [2.05, 4.69) is 170 Å². The molecule has 0 atom stereocenters. The fraction of sp³-hybridized carbons (Fsp3) is 0.0577. The van der Waals surface area contributed by atoms with E-state index in [4.69, 9.17) is 0 Å². The summed E-state index contributed by atoms with van der Waals surface area (Å²) in [6, 6.07) is 64.0. The second-order valence-corrected chi connectivity index (χ2v) is 16.4. The predicted molar refractivity (Wildman–Crippen MR) is 234 cm³/mol. The molecule has 0 aliphatic heterocycles. The van der Waals surface area contributed by atoms with E-state index in [1.807, 2.05) is 35.6 Å². The first-order valence-corrected chi connectivity index (χ1v) is 19.6. The number of hydrogen-bond acceptors (Lipinski definition) is 3. The van der Waals surface area contributed by atoms with Crippen molar-refractivity contribution in [2.24, 2.45) is 0 Å². The predicted octanol–water partition coefficient (Wildman–Crippen LogP) is 14.8. The molecule has 0 fully saturated rings. The summed E-state index contributed by atoms with van der Waals surface area (Å²) in [5, 5.41) is 19.9. The molecule has 55 heavy (non-hydrogen) atoms. The zero-order valence-electron chi connectivity index (χ0n) is 30.5. The minimum atomic E-state index is -0.158. The summed E-state index contributed by atoms with van der Waals surface area (Å²) >= 11 is 1.88. The quantitative estimate of drug-likeness (QED) is 0.166. The number of benzene rings is 9. The molecule has 3 heteroatoms. The van der Waals surface area contributed by atoms with Crippen LogP contribution in [0.1, 0.15) is 30.5 Å². The lowest BCUT2D eigenvalue weighted by Gasteiger charge is -2.27. The van der Waals surface area contributed by atoms with Crippen LogP contribution in [-0.4, -0.2) is 0 Å². The van der Waals surface area contributed by atoms with Crippen molar-refractivity contribution >= 4 is 80.9 Å². The van der Waals surface area contributed by atoms with Crippen molar-refractivity contribution < 1.29 is 0 Å². The fourth-order valence-corrected chi connectivity index (χ4v) is 10.2. The van der Waals surface area contributed by atoms with Gasteiger partial charge in [0.05, 0.1) is 17.3 Å². The number of anilines is 3. The number of rotatable bonds is 5. The molecule has 9 aromatic carbocycles. The molecule has 0 saturated carbocycles. The molecular formula is C52H34N2S. The van der Waals surface area contributed by atoms with Crippen LogP contribution in [0.25, 0.3) is 74.7 Å². The minimum Gasteiger partial charge on any atom is -0.310 e.